The zero-order chi connectivity index (χ0) is 14.1. The lowest BCUT2D eigenvalue weighted by molar-refractivity contribution is 0.242. The summed E-state index contributed by atoms with van der Waals surface area (Å²) in [5.41, 5.74) is 1.31. The molecule has 3 heteroatoms. The summed E-state index contributed by atoms with van der Waals surface area (Å²) in [5.74, 6) is 3.40. The maximum absolute atomic E-state index is 5.64. The van der Waals surface area contributed by atoms with Crippen molar-refractivity contribution in [2.45, 2.75) is 52.8 Å². The second-order valence-electron chi connectivity index (χ2n) is 5.08. The molecule has 0 aromatic heterocycles. The maximum atomic E-state index is 5.64. The zero-order valence-electron chi connectivity index (χ0n) is 12.6. The van der Waals surface area contributed by atoms with Gasteiger partial charge in [-0.1, -0.05) is 19.1 Å². The van der Waals surface area contributed by atoms with Crippen LogP contribution >= 0.6 is 11.8 Å². The van der Waals surface area contributed by atoms with Crippen molar-refractivity contribution in [3.8, 4) is 5.75 Å². The number of thioether (sulfide) groups is 1. The van der Waals surface area contributed by atoms with Crippen LogP contribution in [-0.2, 0) is 6.54 Å². The monoisotopic (exact) mass is 281 g/mol. The molecular formula is C16H27NOS. The number of rotatable bonds is 9. The van der Waals surface area contributed by atoms with Crippen LogP contribution in [-0.4, -0.2) is 23.7 Å². The van der Waals surface area contributed by atoms with Crippen LogP contribution in [0.15, 0.2) is 24.3 Å². The summed E-state index contributed by atoms with van der Waals surface area (Å²) in [6.07, 6.45) is 1.47. The van der Waals surface area contributed by atoms with E-state index in [0.29, 0.717) is 6.04 Å². The smallest absolute Gasteiger partial charge is 0.119 e. The minimum atomic E-state index is 0.236. The molecule has 0 aliphatic heterocycles. The highest BCUT2D eigenvalue weighted by atomic mass is 32.2. The Morgan fingerprint density at radius 3 is 2.42 bits per heavy atom. The molecule has 0 heterocycles. The van der Waals surface area contributed by atoms with Gasteiger partial charge < -0.3 is 10.1 Å². The van der Waals surface area contributed by atoms with Gasteiger partial charge in [-0.05, 0) is 56.4 Å². The summed E-state index contributed by atoms with van der Waals surface area (Å²) in [7, 11) is 0. The lowest BCUT2D eigenvalue weighted by Gasteiger charge is -2.14. The van der Waals surface area contributed by atoms with Gasteiger partial charge in [-0.3, -0.25) is 0 Å². The van der Waals surface area contributed by atoms with E-state index in [1.165, 1.54) is 23.5 Å². The van der Waals surface area contributed by atoms with Crippen LogP contribution in [0.3, 0.4) is 0 Å². The SMILES string of the molecule is CCSCCC(C)NCc1ccc(OC(C)C)cc1. The first kappa shape index (κ1) is 16.4. The average molecular weight is 281 g/mol. The van der Waals surface area contributed by atoms with E-state index in [1.807, 2.05) is 25.6 Å². The summed E-state index contributed by atoms with van der Waals surface area (Å²) in [4.78, 5) is 0. The van der Waals surface area contributed by atoms with Crippen LogP contribution in [0.5, 0.6) is 5.75 Å². The summed E-state index contributed by atoms with van der Waals surface area (Å²) < 4.78 is 5.64. The standard InChI is InChI=1S/C16H27NOS/c1-5-19-11-10-14(4)17-12-15-6-8-16(9-7-15)18-13(2)3/h6-9,13-14,17H,5,10-12H2,1-4H3. The van der Waals surface area contributed by atoms with E-state index < -0.39 is 0 Å². The van der Waals surface area contributed by atoms with Crippen LogP contribution in [0.4, 0.5) is 0 Å². The Balaban J connectivity index is 2.29. The Hall–Kier alpha value is -0.670. The van der Waals surface area contributed by atoms with Crippen LogP contribution in [0.2, 0.25) is 0 Å². The topological polar surface area (TPSA) is 21.3 Å². The lowest BCUT2D eigenvalue weighted by atomic mass is 10.2. The lowest BCUT2D eigenvalue weighted by Crippen LogP contribution is -2.26. The number of nitrogens with one attached hydrogen (secondary N) is 1. The predicted molar refractivity (Wildman–Crippen MR) is 86.1 cm³/mol. The molecule has 19 heavy (non-hydrogen) atoms. The zero-order valence-corrected chi connectivity index (χ0v) is 13.4. The number of benzene rings is 1. The minimum absolute atomic E-state index is 0.236. The third-order valence-corrected chi connectivity index (χ3v) is 3.78. The molecule has 0 bridgehead atoms. The molecule has 2 nitrogen and oxygen atoms in total. The van der Waals surface area contributed by atoms with E-state index in [0.717, 1.165) is 12.3 Å². The fourth-order valence-corrected chi connectivity index (χ4v) is 2.57. The Bertz CT molecular complexity index is 337. The fourth-order valence-electron chi connectivity index (χ4n) is 1.76. The molecule has 1 N–H and O–H groups in total. The van der Waals surface area contributed by atoms with Gasteiger partial charge in [0.05, 0.1) is 6.10 Å². The van der Waals surface area contributed by atoms with Crippen molar-refractivity contribution in [1.82, 2.24) is 5.32 Å². The van der Waals surface area contributed by atoms with E-state index in [4.69, 9.17) is 4.74 Å². The van der Waals surface area contributed by atoms with Gasteiger partial charge in [-0.2, -0.15) is 11.8 Å². The molecule has 0 aliphatic rings. The van der Waals surface area contributed by atoms with Gasteiger partial charge in [-0.25, -0.2) is 0 Å². The van der Waals surface area contributed by atoms with Crippen LogP contribution in [0, 0.1) is 0 Å². The van der Waals surface area contributed by atoms with E-state index in [-0.39, 0.29) is 6.10 Å². The van der Waals surface area contributed by atoms with Gasteiger partial charge in [0.25, 0.3) is 0 Å². The highest BCUT2D eigenvalue weighted by Gasteiger charge is 2.02. The van der Waals surface area contributed by atoms with Crippen molar-refractivity contribution < 1.29 is 4.74 Å². The number of hydrogen-bond acceptors (Lipinski definition) is 3. The Morgan fingerprint density at radius 1 is 1.16 bits per heavy atom. The third-order valence-electron chi connectivity index (χ3n) is 2.85. The summed E-state index contributed by atoms with van der Waals surface area (Å²) >= 11 is 2.01. The number of hydrogen-bond donors (Lipinski definition) is 1. The summed E-state index contributed by atoms with van der Waals surface area (Å²) in [6.45, 7) is 9.49. The van der Waals surface area contributed by atoms with Crippen molar-refractivity contribution >= 4 is 11.8 Å². The van der Waals surface area contributed by atoms with Crippen LogP contribution in [0.25, 0.3) is 0 Å². The Morgan fingerprint density at radius 2 is 1.84 bits per heavy atom. The molecule has 1 rings (SSSR count). The molecule has 0 saturated heterocycles. The van der Waals surface area contributed by atoms with Crippen LogP contribution < -0.4 is 10.1 Å². The molecule has 108 valence electrons. The molecule has 1 aromatic carbocycles. The summed E-state index contributed by atoms with van der Waals surface area (Å²) in [6, 6.07) is 8.95. The first-order valence-corrected chi connectivity index (χ1v) is 8.34. The highest BCUT2D eigenvalue weighted by Crippen LogP contribution is 2.14. The number of ether oxygens (including phenoxy) is 1. The molecular weight excluding hydrogens is 254 g/mol. The van der Waals surface area contributed by atoms with Gasteiger partial charge in [0.15, 0.2) is 0 Å². The molecule has 0 amide bonds. The molecule has 0 saturated carbocycles. The molecule has 1 aromatic rings. The van der Waals surface area contributed by atoms with E-state index in [9.17, 15) is 0 Å². The molecule has 1 atom stereocenters. The van der Waals surface area contributed by atoms with Crippen molar-refractivity contribution in [1.29, 1.82) is 0 Å². The van der Waals surface area contributed by atoms with E-state index in [1.54, 1.807) is 0 Å². The van der Waals surface area contributed by atoms with Crippen molar-refractivity contribution in [2.75, 3.05) is 11.5 Å². The largest absolute Gasteiger partial charge is 0.491 e. The molecule has 1 unspecified atom stereocenters. The molecule has 0 radical (unpaired) electrons. The minimum Gasteiger partial charge on any atom is -0.491 e. The van der Waals surface area contributed by atoms with Gasteiger partial charge in [0.1, 0.15) is 5.75 Å². The van der Waals surface area contributed by atoms with Gasteiger partial charge in [0, 0.05) is 12.6 Å². The Kier molecular flexibility index (Phi) is 7.99. The maximum Gasteiger partial charge on any atom is 0.119 e. The molecule has 0 spiro atoms. The highest BCUT2D eigenvalue weighted by molar-refractivity contribution is 7.99. The average Bonchev–Trinajstić information content (AvgIpc) is 2.37. The second kappa shape index (κ2) is 9.27. The second-order valence-corrected chi connectivity index (χ2v) is 6.47. The van der Waals surface area contributed by atoms with Gasteiger partial charge in [-0.15, -0.1) is 0 Å². The van der Waals surface area contributed by atoms with Gasteiger partial charge >= 0.3 is 0 Å². The van der Waals surface area contributed by atoms with E-state index >= 15 is 0 Å². The van der Waals surface area contributed by atoms with Crippen LogP contribution in [0.1, 0.15) is 39.7 Å². The fraction of sp³-hybridized carbons (Fsp3) is 0.625. The van der Waals surface area contributed by atoms with Crippen molar-refractivity contribution in [2.24, 2.45) is 0 Å². The first-order chi connectivity index (χ1) is 9.11. The predicted octanol–water partition coefficient (Wildman–Crippen LogP) is 4.10. The third kappa shape index (κ3) is 7.48. The van der Waals surface area contributed by atoms with Crippen molar-refractivity contribution in [3.63, 3.8) is 0 Å². The van der Waals surface area contributed by atoms with Crippen molar-refractivity contribution in [3.05, 3.63) is 29.8 Å². The molecule has 0 aliphatic carbocycles. The Labute approximate surface area is 122 Å². The summed E-state index contributed by atoms with van der Waals surface area (Å²) in [5, 5.41) is 3.56. The normalized spacial score (nSPS) is 12.7. The quantitative estimate of drug-likeness (QED) is 0.689. The van der Waals surface area contributed by atoms with E-state index in [2.05, 4.69) is 43.4 Å². The van der Waals surface area contributed by atoms with Gasteiger partial charge in [0.2, 0.25) is 0 Å². The first-order valence-electron chi connectivity index (χ1n) is 7.18. The molecule has 0 fully saturated rings.